The second kappa shape index (κ2) is 4.37. The molecular formula is C9H11N3. The highest BCUT2D eigenvalue weighted by Gasteiger charge is 1.91. The van der Waals surface area contributed by atoms with Crippen molar-refractivity contribution in [2.75, 3.05) is 0 Å². The summed E-state index contributed by atoms with van der Waals surface area (Å²) in [5.41, 5.74) is 7.63. The summed E-state index contributed by atoms with van der Waals surface area (Å²) >= 11 is 0. The highest BCUT2D eigenvalue weighted by molar-refractivity contribution is 5.22. The van der Waals surface area contributed by atoms with Crippen molar-refractivity contribution in [3.63, 3.8) is 0 Å². The van der Waals surface area contributed by atoms with E-state index < -0.39 is 0 Å². The third-order valence-corrected chi connectivity index (χ3v) is 1.63. The summed E-state index contributed by atoms with van der Waals surface area (Å²) in [6.45, 7) is 1.15. The molecule has 0 saturated heterocycles. The summed E-state index contributed by atoms with van der Waals surface area (Å²) < 4.78 is 0. The molecule has 0 amide bonds. The van der Waals surface area contributed by atoms with Gasteiger partial charge in [0.1, 0.15) is 0 Å². The van der Waals surface area contributed by atoms with Crippen molar-refractivity contribution in [2.24, 2.45) is 5.73 Å². The maximum Gasteiger partial charge on any atom is 0.176 e. The highest BCUT2D eigenvalue weighted by atomic mass is 14.8. The van der Waals surface area contributed by atoms with Crippen LogP contribution in [0.5, 0.6) is 0 Å². The Hall–Kier alpha value is -1.53. The lowest BCUT2D eigenvalue weighted by Crippen LogP contribution is -2.04. The van der Waals surface area contributed by atoms with Crippen LogP contribution >= 0.6 is 0 Å². The van der Waals surface area contributed by atoms with Gasteiger partial charge in [-0.2, -0.15) is 5.26 Å². The van der Waals surface area contributed by atoms with Crippen LogP contribution in [-0.4, -0.2) is 0 Å². The highest BCUT2D eigenvalue weighted by Crippen LogP contribution is 2.02. The van der Waals surface area contributed by atoms with Crippen LogP contribution in [0.25, 0.3) is 0 Å². The fraction of sp³-hybridized carbons (Fsp3) is 0.222. The fourth-order valence-electron chi connectivity index (χ4n) is 0.935. The molecule has 3 N–H and O–H groups in total. The fourth-order valence-corrected chi connectivity index (χ4v) is 0.935. The summed E-state index contributed by atoms with van der Waals surface area (Å²) in [6.07, 6.45) is 1.87. The van der Waals surface area contributed by atoms with Crippen molar-refractivity contribution in [2.45, 2.75) is 13.1 Å². The van der Waals surface area contributed by atoms with Gasteiger partial charge in [-0.15, -0.1) is 0 Å². The van der Waals surface area contributed by atoms with Gasteiger partial charge in [-0.25, -0.2) is 0 Å². The molecule has 1 rings (SSSR count). The standard InChI is InChI=1S/C9H11N3/c10-5-8-1-3-9(4-2-8)6-12-7-11/h1-4,12H,5-6,10H2. The van der Waals surface area contributed by atoms with Crippen LogP contribution in [0.1, 0.15) is 11.1 Å². The van der Waals surface area contributed by atoms with Gasteiger partial charge in [0.05, 0.1) is 0 Å². The summed E-state index contributed by atoms with van der Waals surface area (Å²) in [4.78, 5) is 0. The van der Waals surface area contributed by atoms with Gasteiger partial charge in [0.2, 0.25) is 0 Å². The van der Waals surface area contributed by atoms with Crippen LogP contribution < -0.4 is 11.1 Å². The Kier molecular flexibility index (Phi) is 3.12. The molecule has 0 atom stereocenters. The van der Waals surface area contributed by atoms with Crippen molar-refractivity contribution in [3.8, 4) is 6.19 Å². The molecule has 0 spiro atoms. The molecule has 62 valence electrons. The smallest absolute Gasteiger partial charge is 0.176 e. The van der Waals surface area contributed by atoms with E-state index in [4.69, 9.17) is 11.0 Å². The van der Waals surface area contributed by atoms with Crippen LogP contribution in [0.3, 0.4) is 0 Å². The number of nitriles is 1. The molecule has 3 heteroatoms. The third-order valence-electron chi connectivity index (χ3n) is 1.63. The minimum Gasteiger partial charge on any atom is -0.326 e. The van der Waals surface area contributed by atoms with Crippen molar-refractivity contribution >= 4 is 0 Å². The molecule has 0 saturated carbocycles. The molecule has 0 bridgehead atoms. The van der Waals surface area contributed by atoms with Gasteiger partial charge in [-0.1, -0.05) is 24.3 Å². The maximum atomic E-state index is 8.25. The maximum absolute atomic E-state index is 8.25. The molecule has 0 fully saturated rings. The van der Waals surface area contributed by atoms with Crippen molar-refractivity contribution < 1.29 is 0 Å². The topological polar surface area (TPSA) is 61.8 Å². The van der Waals surface area contributed by atoms with E-state index in [1.54, 1.807) is 0 Å². The molecule has 0 aliphatic rings. The molecule has 12 heavy (non-hydrogen) atoms. The predicted molar refractivity (Wildman–Crippen MR) is 46.8 cm³/mol. The van der Waals surface area contributed by atoms with Gasteiger partial charge in [0.25, 0.3) is 0 Å². The summed E-state index contributed by atoms with van der Waals surface area (Å²) in [6, 6.07) is 7.86. The normalized spacial score (nSPS) is 9.00. The number of hydrogen-bond acceptors (Lipinski definition) is 3. The first kappa shape index (κ1) is 8.57. The quantitative estimate of drug-likeness (QED) is 0.507. The summed E-state index contributed by atoms with van der Waals surface area (Å²) in [5.74, 6) is 0. The summed E-state index contributed by atoms with van der Waals surface area (Å²) in [5, 5.41) is 10.8. The Balaban J connectivity index is 2.60. The van der Waals surface area contributed by atoms with E-state index in [1.165, 1.54) is 0 Å². The number of nitrogens with zero attached hydrogens (tertiary/aromatic N) is 1. The number of nitrogens with one attached hydrogen (secondary N) is 1. The van der Waals surface area contributed by atoms with Gasteiger partial charge in [0.15, 0.2) is 6.19 Å². The molecular weight excluding hydrogens is 150 g/mol. The lowest BCUT2D eigenvalue weighted by atomic mass is 10.1. The minimum atomic E-state index is 0.561. The Morgan fingerprint density at radius 2 is 1.83 bits per heavy atom. The van der Waals surface area contributed by atoms with Crippen LogP contribution in [-0.2, 0) is 13.1 Å². The minimum absolute atomic E-state index is 0.561. The third kappa shape index (κ3) is 2.26. The summed E-state index contributed by atoms with van der Waals surface area (Å²) in [7, 11) is 0. The van der Waals surface area contributed by atoms with Crippen LogP contribution in [0, 0.1) is 11.5 Å². The predicted octanol–water partition coefficient (Wildman–Crippen LogP) is 0.716. The Bertz CT molecular complexity index is 271. The molecule has 0 aliphatic heterocycles. The van der Waals surface area contributed by atoms with E-state index in [9.17, 15) is 0 Å². The average Bonchev–Trinajstić information content (AvgIpc) is 2.15. The zero-order valence-electron chi connectivity index (χ0n) is 6.75. The van der Waals surface area contributed by atoms with E-state index >= 15 is 0 Å². The number of rotatable bonds is 3. The second-order valence-corrected chi connectivity index (χ2v) is 2.49. The molecule has 0 unspecified atom stereocenters. The zero-order chi connectivity index (χ0) is 8.81. The number of nitrogens with two attached hydrogens (primary N) is 1. The van der Waals surface area contributed by atoms with Gasteiger partial charge < -0.3 is 11.1 Å². The van der Waals surface area contributed by atoms with Gasteiger partial charge in [0, 0.05) is 13.1 Å². The van der Waals surface area contributed by atoms with E-state index in [0.29, 0.717) is 13.1 Å². The van der Waals surface area contributed by atoms with E-state index in [-0.39, 0.29) is 0 Å². The van der Waals surface area contributed by atoms with E-state index in [0.717, 1.165) is 11.1 Å². The van der Waals surface area contributed by atoms with Crippen LogP contribution in [0.15, 0.2) is 24.3 Å². The van der Waals surface area contributed by atoms with E-state index in [2.05, 4.69) is 5.32 Å². The molecule has 0 heterocycles. The lowest BCUT2D eigenvalue weighted by molar-refractivity contribution is 0.882. The van der Waals surface area contributed by atoms with Crippen LogP contribution in [0.2, 0.25) is 0 Å². The first-order valence-electron chi connectivity index (χ1n) is 3.76. The first-order valence-corrected chi connectivity index (χ1v) is 3.76. The van der Waals surface area contributed by atoms with Gasteiger partial charge >= 0.3 is 0 Å². The monoisotopic (exact) mass is 161 g/mol. The van der Waals surface area contributed by atoms with Gasteiger partial charge in [-0.3, -0.25) is 0 Å². The Labute approximate surface area is 71.8 Å². The number of benzene rings is 1. The molecule has 0 aliphatic carbocycles. The van der Waals surface area contributed by atoms with Gasteiger partial charge in [-0.05, 0) is 11.1 Å². The Morgan fingerprint density at radius 3 is 2.33 bits per heavy atom. The van der Waals surface area contributed by atoms with Crippen LogP contribution in [0.4, 0.5) is 0 Å². The molecule has 0 radical (unpaired) electrons. The largest absolute Gasteiger partial charge is 0.326 e. The molecule has 0 aromatic heterocycles. The molecule has 3 nitrogen and oxygen atoms in total. The van der Waals surface area contributed by atoms with Crippen molar-refractivity contribution in [1.29, 1.82) is 5.26 Å². The lowest BCUT2D eigenvalue weighted by Gasteiger charge is -2.00. The zero-order valence-corrected chi connectivity index (χ0v) is 6.75. The number of hydrogen-bond donors (Lipinski definition) is 2. The van der Waals surface area contributed by atoms with E-state index in [1.807, 2.05) is 30.5 Å². The van der Waals surface area contributed by atoms with Crippen molar-refractivity contribution in [3.05, 3.63) is 35.4 Å². The molecule has 1 aromatic rings. The average molecular weight is 161 g/mol. The molecule has 1 aromatic carbocycles. The second-order valence-electron chi connectivity index (χ2n) is 2.49. The first-order chi connectivity index (χ1) is 5.86. The van der Waals surface area contributed by atoms with Crippen molar-refractivity contribution in [1.82, 2.24) is 5.32 Å². The Morgan fingerprint density at radius 1 is 1.25 bits per heavy atom. The SMILES string of the molecule is N#CNCc1ccc(CN)cc1.